The lowest BCUT2D eigenvalue weighted by Crippen LogP contribution is -2.27. The van der Waals surface area contributed by atoms with Gasteiger partial charge in [-0.2, -0.15) is 0 Å². The van der Waals surface area contributed by atoms with E-state index in [4.69, 9.17) is 9.47 Å². The zero-order valence-corrected chi connectivity index (χ0v) is 14.0. The molecular formula is C18H31NO2. The maximum absolute atomic E-state index is 5.88. The number of para-hydroxylation sites is 1. The average Bonchev–Trinajstić information content (AvgIpc) is 2.49. The number of benzene rings is 1. The molecule has 0 amide bonds. The molecule has 1 N–H and O–H groups in total. The predicted molar refractivity (Wildman–Crippen MR) is 88.9 cm³/mol. The van der Waals surface area contributed by atoms with Crippen molar-refractivity contribution in [2.75, 3.05) is 26.9 Å². The first-order chi connectivity index (χ1) is 10.2. The fourth-order valence-electron chi connectivity index (χ4n) is 2.33. The molecule has 3 nitrogen and oxygen atoms in total. The van der Waals surface area contributed by atoms with E-state index in [2.05, 4.69) is 38.2 Å². The molecule has 1 aromatic rings. The summed E-state index contributed by atoms with van der Waals surface area (Å²) in [5, 5.41) is 3.56. The van der Waals surface area contributed by atoms with Crippen LogP contribution in [0.2, 0.25) is 0 Å². The average molecular weight is 293 g/mol. The summed E-state index contributed by atoms with van der Waals surface area (Å²) in [6.07, 6.45) is 3.46. The Kier molecular flexibility index (Phi) is 9.11. The van der Waals surface area contributed by atoms with Gasteiger partial charge in [-0.15, -0.1) is 0 Å². The fourth-order valence-corrected chi connectivity index (χ4v) is 2.33. The number of rotatable bonds is 11. The van der Waals surface area contributed by atoms with Crippen molar-refractivity contribution in [1.82, 2.24) is 5.32 Å². The maximum atomic E-state index is 5.88. The normalized spacial score (nSPS) is 12.6. The third-order valence-electron chi connectivity index (χ3n) is 3.51. The molecule has 0 heterocycles. The smallest absolute Gasteiger partial charge is 0.123 e. The highest BCUT2D eigenvalue weighted by molar-refractivity contribution is 5.35. The summed E-state index contributed by atoms with van der Waals surface area (Å²) in [5.74, 6) is 1.67. The van der Waals surface area contributed by atoms with Crippen molar-refractivity contribution < 1.29 is 9.47 Å². The van der Waals surface area contributed by atoms with Gasteiger partial charge in [0, 0.05) is 12.2 Å². The second-order valence-electron chi connectivity index (χ2n) is 5.86. The Hall–Kier alpha value is -1.06. The van der Waals surface area contributed by atoms with E-state index in [1.54, 1.807) is 7.11 Å². The Labute approximate surface area is 130 Å². The lowest BCUT2D eigenvalue weighted by molar-refractivity contribution is 0.105. The highest BCUT2D eigenvalue weighted by atomic mass is 16.5. The van der Waals surface area contributed by atoms with Gasteiger partial charge in [-0.25, -0.2) is 0 Å². The van der Waals surface area contributed by atoms with E-state index in [1.165, 1.54) is 12.0 Å². The molecule has 0 aromatic heterocycles. The molecule has 0 bridgehead atoms. The Bertz CT molecular complexity index is 379. The van der Waals surface area contributed by atoms with Crippen LogP contribution in [0, 0.1) is 5.92 Å². The van der Waals surface area contributed by atoms with Crippen molar-refractivity contribution in [2.24, 2.45) is 5.92 Å². The zero-order valence-electron chi connectivity index (χ0n) is 14.0. The van der Waals surface area contributed by atoms with Crippen molar-refractivity contribution in [3.8, 4) is 5.75 Å². The van der Waals surface area contributed by atoms with Crippen LogP contribution in [0.5, 0.6) is 5.75 Å². The molecule has 0 spiro atoms. The third kappa shape index (κ3) is 6.96. The maximum Gasteiger partial charge on any atom is 0.123 e. The molecule has 0 radical (unpaired) electrons. The van der Waals surface area contributed by atoms with E-state index in [0.717, 1.165) is 37.7 Å². The van der Waals surface area contributed by atoms with Crippen LogP contribution in [-0.4, -0.2) is 26.9 Å². The van der Waals surface area contributed by atoms with Crippen molar-refractivity contribution in [2.45, 2.75) is 46.1 Å². The van der Waals surface area contributed by atoms with E-state index in [0.29, 0.717) is 6.61 Å². The molecule has 0 fully saturated rings. The topological polar surface area (TPSA) is 30.5 Å². The third-order valence-corrected chi connectivity index (χ3v) is 3.51. The summed E-state index contributed by atoms with van der Waals surface area (Å²) >= 11 is 0. The number of hydrogen-bond donors (Lipinski definition) is 1. The fraction of sp³-hybridized carbons (Fsp3) is 0.667. The SMILES string of the molecule is CCCNC(COCCCC(C)C)c1ccccc1OC. The van der Waals surface area contributed by atoms with Crippen LogP contribution in [0.25, 0.3) is 0 Å². The van der Waals surface area contributed by atoms with Crippen LogP contribution in [0.15, 0.2) is 24.3 Å². The van der Waals surface area contributed by atoms with Gasteiger partial charge >= 0.3 is 0 Å². The summed E-state index contributed by atoms with van der Waals surface area (Å²) in [7, 11) is 1.72. The van der Waals surface area contributed by atoms with Gasteiger partial charge in [-0.1, -0.05) is 39.0 Å². The van der Waals surface area contributed by atoms with Gasteiger partial charge in [0.15, 0.2) is 0 Å². The summed E-state index contributed by atoms with van der Waals surface area (Å²) < 4.78 is 11.3. The Morgan fingerprint density at radius 1 is 1.19 bits per heavy atom. The standard InChI is InChI=1S/C18H31NO2/c1-5-12-19-17(14-21-13-8-9-15(2)3)16-10-6-7-11-18(16)20-4/h6-7,10-11,15,17,19H,5,8-9,12-14H2,1-4H3. The highest BCUT2D eigenvalue weighted by Gasteiger charge is 2.15. The molecule has 0 saturated heterocycles. The Balaban J connectivity index is 2.54. The van der Waals surface area contributed by atoms with Crippen LogP contribution in [0.4, 0.5) is 0 Å². The van der Waals surface area contributed by atoms with Gasteiger partial charge < -0.3 is 14.8 Å². The van der Waals surface area contributed by atoms with Crippen molar-refractivity contribution >= 4 is 0 Å². The van der Waals surface area contributed by atoms with Crippen molar-refractivity contribution in [3.05, 3.63) is 29.8 Å². The van der Waals surface area contributed by atoms with Crippen LogP contribution >= 0.6 is 0 Å². The molecule has 1 rings (SSSR count). The highest BCUT2D eigenvalue weighted by Crippen LogP contribution is 2.25. The van der Waals surface area contributed by atoms with Crippen LogP contribution in [-0.2, 0) is 4.74 Å². The van der Waals surface area contributed by atoms with E-state index in [9.17, 15) is 0 Å². The molecule has 1 atom stereocenters. The minimum atomic E-state index is 0.195. The monoisotopic (exact) mass is 293 g/mol. The second-order valence-corrected chi connectivity index (χ2v) is 5.86. The zero-order chi connectivity index (χ0) is 15.5. The molecule has 0 aliphatic carbocycles. The minimum Gasteiger partial charge on any atom is -0.496 e. The molecule has 0 aliphatic heterocycles. The molecule has 21 heavy (non-hydrogen) atoms. The van der Waals surface area contributed by atoms with E-state index < -0.39 is 0 Å². The number of nitrogens with one attached hydrogen (secondary N) is 1. The molecule has 0 aliphatic rings. The van der Waals surface area contributed by atoms with Crippen LogP contribution in [0.1, 0.15) is 51.6 Å². The first kappa shape index (κ1) is 18.0. The van der Waals surface area contributed by atoms with Crippen LogP contribution < -0.4 is 10.1 Å². The largest absolute Gasteiger partial charge is 0.496 e. The summed E-state index contributed by atoms with van der Waals surface area (Å²) in [6, 6.07) is 8.37. The molecule has 1 aromatic carbocycles. The summed E-state index contributed by atoms with van der Waals surface area (Å²) in [5.41, 5.74) is 1.18. The van der Waals surface area contributed by atoms with Crippen molar-refractivity contribution in [1.29, 1.82) is 0 Å². The molecule has 1 unspecified atom stereocenters. The molecular weight excluding hydrogens is 262 g/mol. The van der Waals surface area contributed by atoms with E-state index in [1.807, 2.05) is 12.1 Å². The second kappa shape index (κ2) is 10.6. The van der Waals surface area contributed by atoms with E-state index in [-0.39, 0.29) is 6.04 Å². The van der Waals surface area contributed by atoms with Crippen LogP contribution in [0.3, 0.4) is 0 Å². The Morgan fingerprint density at radius 3 is 2.62 bits per heavy atom. The summed E-state index contributed by atoms with van der Waals surface area (Å²) in [4.78, 5) is 0. The first-order valence-electron chi connectivity index (χ1n) is 8.13. The van der Waals surface area contributed by atoms with Gasteiger partial charge in [-0.05, 0) is 37.8 Å². The van der Waals surface area contributed by atoms with Gasteiger partial charge in [0.25, 0.3) is 0 Å². The number of methoxy groups -OCH3 is 1. The van der Waals surface area contributed by atoms with Gasteiger partial charge in [-0.3, -0.25) is 0 Å². The first-order valence-corrected chi connectivity index (χ1v) is 8.13. The number of ether oxygens (including phenoxy) is 2. The lowest BCUT2D eigenvalue weighted by atomic mass is 10.1. The number of hydrogen-bond acceptors (Lipinski definition) is 3. The van der Waals surface area contributed by atoms with Crippen molar-refractivity contribution in [3.63, 3.8) is 0 Å². The van der Waals surface area contributed by atoms with Gasteiger partial charge in [0.1, 0.15) is 5.75 Å². The summed E-state index contributed by atoms with van der Waals surface area (Å²) in [6.45, 7) is 9.19. The predicted octanol–water partition coefficient (Wildman–Crippen LogP) is 4.19. The van der Waals surface area contributed by atoms with Gasteiger partial charge in [0.05, 0.1) is 19.8 Å². The lowest BCUT2D eigenvalue weighted by Gasteiger charge is -2.21. The Morgan fingerprint density at radius 2 is 1.95 bits per heavy atom. The quantitative estimate of drug-likeness (QED) is 0.621. The molecule has 120 valence electrons. The molecule has 0 saturated carbocycles. The minimum absolute atomic E-state index is 0.195. The van der Waals surface area contributed by atoms with E-state index >= 15 is 0 Å². The molecule has 3 heteroatoms. The van der Waals surface area contributed by atoms with Gasteiger partial charge in [0.2, 0.25) is 0 Å².